The average molecular weight is 377 g/mol. The van der Waals surface area contributed by atoms with Crippen molar-refractivity contribution in [3.63, 3.8) is 0 Å². The minimum Gasteiger partial charge on any atom is -0.353 e. The Balaban J connectivity index is 1.47. The molecule has 1 fully saturated rings. The number of aryl methyl sites for hydroxylation is 1. The Kier molecular flexibility index (Phi) is 4.97. The van der Waals surface area contributed by atoms with Crippen LogP contribution >= 0.6 is 0 Å². The summed E-state index contributed by atoms with van der Waals surface area (Å²) >= 11 is 0. The third kappa shape index (κ3) is 3.83. The lowest BCUT2D eigenvalue weighted by atomic mass is 10.1. The van der Waals surface area contributed by atoms with Gasteiger partial charge in [0.25, 0.3) is 5.91 Å². The van der Waals surface area contributed by atoms with E-state index in [4.69, 9.17) is 4.98 Å². The molecule has 0 saturated carbocycles. The molecular weight excluding hydrogens is 357 g/mol. The molecule has 1 aromatic carbocycles. The van der Waals surface area contributed by atoms with Crippen molar-refractivity contribution in [3.8, 4) is 11.4 Å². The number of aromatic nitrogens is 3. The van der Waals surface area contributed by atoms with Crippen molar-refractivity contribution in [2.24, 2.45) is 0 Å². The Hall–Kier alpha value is -3.35. The first-order valence-corrected chi connectivity index (χ1v) is 9.16. The predicted octanol–water partition coefficient (Wildman–Crippen LogP) is 2.95. The number of anilines is 1. The van der Waals surface area contributed by atoms with Crippen LogP contribution in [-0.4, -0.2) is 51.9 Å². The molecule has 0 unspecified atom stereocenters. The van der Waals surface area contributed by atoms with E-state index in [0.29, 0.717) is 37.6 Å². The number of pyridine rings is 1. The summed E-state index contributed by atoms with van der Waals surface area (Å²) in [6.07, 6.45) is 3.45. The van der Waals surface area contributed by atoms with Gasteiger partial charge in [-0.3, -0.25) is 9.78 Å². The summed E-state index contributed by atoms with van der Waals surface area (Å²) in [7, 11) is 0. The van der Waals surface area contributed by atoms with E-state index in [1.807, 2.05) is 25.1 Å². The highest BCUT2D eigenvalue weighted by Gasteiger charge is 2.23. The van der Waals surface area contributed by atoms with Gasteiger partial charge >= 0.3 is 0 Å². The number of amides is 1. The van der Waals surface area contributed by atoms with Crippen LogP contribution in [0.4, 0.5) is 10.2 Å². The molecule has 3 aromatic rings. The second-order valence-electron chi connectivity index (χ2n) is 6.71. The summed E-state index contributed by atoms with van der Waals surface area (Å²) in [5.41, 5.74) is 2.32. The van der Waals surface area contributed by atoms with E-state index in [-0.39, 0.29) is 11.7 Å². The molecule has 142 valence electrons. The SMILES string of the molecule is Cc1cc(N2CCN(C(=O)c3ccc(F)cc3)CC2)nc(-c2ccncc2)n1. The zero-order valence-corrected chi connectivity index (χ0v) is 15.5. The quantitative estimate of drug-likeness (QED) is 0.702. The lowest BCUT2D eigenvalue weighted by molar-refractivity contribution is 0.0746. The predicted molar refractivity (Wildman–Crippen MR) is 105 cm³/mol. The molecule has 1 aliphatic heterocycles. The molecule has 0 spiro atoms. The van der Waals surface area contributed by atoms with Gasteiger partial charge in [-0.2, -0.15) is 0 Å². The number of carbonyl (C=O) groups is 1. The molecule has 1 amide bonds. The van der Waals surface area contributed by atoms with Crippen molar-refractivity contribution in [2.45, 2.75) is 6.92 Å². The summed E-state index contributed by atoms with van der Waals surface area (Å²) in [4.78, 5) is 29.8. The topological polar surface area (TPSA) is 62.2 Å². The second-order valence-corrected chi connectivity index (χ2v) is 6.71. The van der Waals surface area contributed by atoms with E-state index in [0.717, 1.165) is 17.1 Å². The highest BCUT2D eigenvalue weighted by molar-refractivity contribution is 5.94. The maximum absolute atomic E-state index is 13.1. The molecule has 6 nitrogen and oxygen atoms in total. The minimum atomic E-state index is -0.342. The van der Waals surface area contributed by atoms with Crippen LogP contribution in [0, 0.1) is 12.7 Å². The van der Waals surface area contributed by atoms with Gasteiger partial charge in [-0.05, 0) is 43.3 Å². The standard InChI is InChI=1S/C21H20FN5O/c1-15-14-19(25-20(24-15)16-6-8-23-9-7-16)26-10-12-27(13-11-26)21(28)17-2-4-18(22)5-3-17/h2-9,14H,10-13H2,1H3. The number of hydrogen-bond acceptors (Lipinski definition) is 5. The molecule has 28 heavy (non-hydrogen) atoms. The molecule has 0 atom stereocenters. The number of benzene rings is 1. The van der Waals surface area contributed by atoms with Gasteiger partial charge < -0.3 is 9.80 Å². The molecule has 2 aromatic heterocycles. The van der Waals surface area contributed by atoms with E-state index in [1.165, 1.54) is 24.3 Å². The van der Waals surface area contributed by atoms with Crippen LogP contribution < -0.4 is 4.90 Å². The number of piperazine rings is 1. The van der Waals surface area contributed by atoms with Gasteiger partial charge in [0.2, 0.25) is 0 Å². The fraction of sp³-hybridized carbons (Fsp3) is 0.238. The highest BCUT2D eigenvalue weighted by atomic mass is 19.1. The van der Waals surface area contributed by atoms with Gasteiger partial charge in [-0.25, -0.2) is 14.4 Å². The Bertz CT molecular complexity index is 970. The van der Waals surface area contributed by atoms with Gasteiger partial charge in [0.1, 0.15) is 11.6 Å². The normalized spacial score (nSPS) is 14.2. The Morgan fingerprint density at radius 2 is 1.64 bits per heavy atom. The number of hydrogen-bond donors (Lipinski definition) is 0. The van der Waals surface area contributed by atoms with E-state index in [2.05, 4.69) is 14.9 Å². The Labute approximate surface area is 162 Å². The van der Waals surface area contributed by atoms with Crippen LogP contribution in [0.2, 0.25) is 0 Å². The molecule has 7 heteroatoms. The number of carbonyl (C=O) groups excluding carboxylic acids is 1. The van der Waals surface area contributed by atoms with Gasteiger partial charge in [0.15, 0.2) is 5.82 Å². The molecule has 0 radical (unpaired) electrons. The maximum atomic E-state index is 13.1. The third-order valence-electron chi connectivity index (χ3n) is 4.76. The first-order chi connectivity index (χ1) is 13.6. The molecule has 0 bridgehead atoms. The first kappa shape index (κ1) is 18.0. The van der Waals surface area contributed by atoms with E-state index < -0.39 is 0 Å². The van der Waals surface area contributed by atoms with Crippen LogP contribution in [0.3, 0.4) is 0 Å². The van der Waals surface area contributed by atoms with Crippen molar-refractivity contribution in [3.05, 3.63) is 71.9 Å². The summed E-state index contributed by atoms with van der Waals surface area (Å²) < 4.78 is 13.1. The lowest BCUT2D eigenvalue weighted by Crippen LogP contribution is -2.49. The van der Waals surface area contributed by atoms with Gasteiger partial charge in [0.05, 0.1) is 0 Å². The monoisotopic (exact) mass is 377 g/mol. The van der Waals surface area contributed by atoms with E-state index in [1.54, 1.807) is 17.3 Å². The average Bonchev–Trinajstić information content (AvgIpc) is 2.74. The fourth-order valence-corrected chi connectivity index (χ4v) is 3.26. The van der Waals surface area contributed by atoms with E-state index in [9.17, 15) is 9.18 Å². The zero-order valence-electron chi connectivity index (χ0n) is 15.5. The molecule has 1 saturated heterocycles. The highest BCUT2D eigenvalue weighted by Crippen LogP contribution is 2.21. The molecule has 4 rings (SSSR count). The Morgan fingerprint density at radius 3 is 2.32 bits per heavy atom. The van der Waals surface area contributed by atoms with Crippen LogP contribution in [-0.2, 0) is 0 Å². The Morgan fingerprint density at radius 1 is 0.964 bits per heavy atom. The van der Waals surface area contributed by atoms with Crippen LogP contribution in [0.5, 0.6) is 0 Å². The molecule has 0 aliphatic carbocycles. The molecule has 0 N–H and O–H groups in total. The summed E-state index contributed by atoms with van der Waals surface area (Å²) in [6.45, 7) is 4.48. The van der Waals surface area contributed by atoms with Crippen molar-refractivity contribution >= 4 is 11.7 Å². The summed E-state index contributed by atoms with van der Waals surface area (Å²) in [6, 6.07) is 11.4. The van der Waals surface area contributed by atoms with Crippen LogP contribution in [0.15, 0.2) is 54.9 Å². The van der Waals surface area contributed by atoms with Crippen LogP contribution in [0.25, 0.3) is 11.4 Å². The summed E-state index contributed by atoms with van der Waals surface area (Å²) in [5, 5.41) is 0. The second kappa shape index (κ2) is 7.72. The molecule has 1 aliphatic rings. The summed E-state index contributed by atoms with van der Waals surface area (Å²) in [5.74, 6) is 1.11. The number of halogens is 1. The van der Waals surface area contributed by atoms with E-state index >= 15 is 0 Å². The van der Waals surface area contributed by atoms with Crippen LogP contribution in [0.1, 0.15) is 16.1 Å². The smallest absolute Gasteiger partial charge is 0.253 e. The number of nitrogens with zero attached hydrogens (tertiary/aromatic N) is 5. The largest absolute Gasteiger partial charge is 0.353 e. The van der Waals surface area contributed by atoms with Gasteiger partial charge in [0, 0.05) is 61.5 Å². The minimum absolute atomic E-state index is 0.0732. The zero-order chi connectivity index (χ0) is 19.5. The van der Waals surface area contributed by atoms with Crippen molar-refractivity contribution in [1.29, 1.82) is 0 Å². The molecular formula is C21H20FN5O. The van der Waals surface area contributed by atoms with Crippen molar-refractivity contribution in [2.75, 3.05) is 31.1 Å². The third-order valence-corrected chi connectivity index (χ3v) is 4.76. The molecule has 3 heterocycles. The maximum Gasteiger partial charge on any atom is 0.253 e. The van der Waals surface area contributed by atoms with Crippen molar-refractivity contribution in [1.82, 2.24) is 19.9 Å². The van der Waals surface area contributed by atoms with Gasteiger partial charge in [-0.15, -0.1) is 0 Å². The number of rotatable bonds is 3. The van der Waals surface area contributed by atoms with Gasteiger partial charge in [-0.1, -0.05) is 0 Å². The first-order valence-electron chi connectivity index (χ1n) is 9.16. The lowest BCUT2D eigenvalue weighted by Gasteiger charge is -2.35. The van der Waals surface area contributed by atoms with Crippen molar-refractivity contribution < 1.29 is 9.18 Å². The fourth-order valence-electron chi connectivity index (χ4n) is 3.26.